The number of nitrogens with one attached hydrogen (secondary N) is 2. The van der Waals surface area contributed by atoms with E-state index >= 15 is 0 Å². The summed E-state index contributed by atoms with van der Waals surface area (Å²) in [5, 5.41) is 14.0. The second kappa shape index (κ2) is 12.8. The van der Waals surface area contributed by atoms with E-state index < -0.39 is 0 Å². The number of hydrogen-bond acceptors (Lipinski definition) is 8. The molecule has 0 atom stereocenters. The molecule has 174 valence electrons. The molecule has 8 nitrogen and oxygen atoms in total. The summed E-state index contributed by atoms with van der Waals surface area (Å²) >= 11 is 2.46. The summed E-state index contributed by atoms with van der Waals surface area (Å²) < 4.78 is 11.7. The number of unbranched alkanes of at least 4 members (excludes halogenated alkanes) is 1. The molecule has 1 heterocycles. The lowest BCUT2D eigenvalue weighted by Crippen LogP contribution is -2.14. The van der Waals surface area contributed by atoms with Crippen LogP contribution in [0.4, 0.5) is 10.8 Å². The predicted octanol–water partition coefficient (Wildman–Crippen LogP) is 5.10. The third-order valence-electron chi connectivity index (χ3n) is 4.30. The number of hydrogen-bond donors (Lipinski definition) is 2. The molecule has 0 spiro atoms. The highest BCUT2D eigenvalue weighted by Crippen LogP contribution is 2.27. The minimum atomic E-state index is -0.284. The van der Waals surface area contributed by atoms with Gasteiger partial charge in [0.25, 0.3) is 5.91 Å². The number of thioether (sulfide) groups is 1. The topological polar surface area (TPSA) is 102 Å². The zero-order valence-electron chi connectivity index (χ0n) is 18.5. The van der Waals surface area contributed by atoms with E-state index in [2.05, 4.69) is 27.8 Å². The summed E-state index contributed by atoms with van der Waals surface area (Å²) in [5.74, 6) is 1.04. The lowest BCUT2D eigenvalue weighted by molar-refractivity contribution is -0.113. The molecule has 33 heavy (non-hydrogen) atoms. The molecule has 0 aliphatic heterocycles. The van der Waals surface area contributed by atoms with E-state index in [0.717, 1.165) is 18.6 Å². The maximum Gasteiger partial charge on any atom is 0.257 e. The molecule has 0 aliphatic rings. The smallest absolute Gasteiger partial charge is 0.257 e. The number of para-hydroxylation sites is 2. The zero-order chi connectivity index (χ0) is 23.5. The maximum absolute atomic E-state index is 12.5. The van der Waals surface area contributed by atoms with Crippen LogP contribution in [0, 0.1) is 0 Å². The molecular formula is C23H26N4O4S2. The average Bonchev–Trinajstić information content (AvgIpc) is 3.27. The highest BCUT2D eigenvalue weighted by atomic mass is 32.2. The standard InChI is InChI=1S/C23H26N4O4S2/c1-3-5-14-31-17-12-10-16(11-13-17)21(29)25-22-26-27-23(33-22)32-15-20(28)24-18-8-6-7-9-19(18)30-4-2/h6-13H,3-5,14-15H2,1-2H3,(H,24,28)(H,25,26,29). The molecule has 0 fully saturated rings. The van der Waals surface area contributed by atoms with Crippen LogP contribution in [0.2, 0.25) is 0 Å². The van der Waals surface area contributed by atoms with Gasteiger partial charge in [0.15, 0.2) is 4.34 Å². The van der Waals surface area contributed by atoms with Crippen molar-refractivity contribution in [3.8, 4) is 11.5 Å². The molecule has 0 saturated carbocycles. The minimum Gasteiger partial charge on any atom is -0.494 e. The lowest BCUT2D eigenvalue weighted by Gasteiger charge is -2.10. The second-order valence-electron chi connectivity index (χ2n) is 6.82. The first-order chi connectivity index (χ1) is 16.1. The zero-order valence-corrected chi connectivity index (χ0v) is 20.1. The van der Waals surface area contributed by atoms with Gasteiger partial charge in [-0.3, -0.25) is 14.9 Å². The SMILES string of the molecule is CCCCOc1ccc(C(=O)Nc2nnc(SCC(=O)Nc3ccccc3OCC)s2)cc1. The Hall–Kier alpha value is -3.11. The number of carbonyl (C=O) groups excluding carboxylic acids is 2. The fourth-order valence-corrected chi connectivity index (χ4v) is 4.24. The van der Waals surface area contributed by atoms with Crippen LogP contribution in [-0.2, 0) is 4.79 Å². The van der Waals surface area contributed by atoms with Gasteiger partial charge in [-0.05, 0) is 49.7 Å². The van der Waals surface area contributed by atoms with Gasteiger partial charge in [0.2, 0.25) is 11.0 Å². The Bertz CT molecular complexity index is 1060. The van der Waals surface area contributed by atoms with Crippen molar-refractivity contribution in [1.29, 1.82) is 0 Å². The summed E-state index contributed by atoms with van der Waals surface area (Å²) in [4.78, 5) is 24.8. The molecule has 0 saturated heterocycles. The number of anilines is 2. The summed E-state index contributed by atoms with van der Waals surface area (Å²) in [7, 11) is 0. The molecular weight excluding hydrogens is 460 g/mol. The van der Waals surface area contributed by atoms with E-state index in [1.807, 2.05) is 19.1 Å². The Labute approximate surface area is 201 Å². The number of nitrogens with zero attached hydrogens (tertiary/aromatic N) is 2. The van der Waals surface area contributed by atoms with E-state index in [1.165, 1.54) is 23.1 Å². The molecule has 3 aromatic rings. The molecule has 0 radical (unpaired) electrons. The van der Waals surface area contributed by atoms with Gasteiger partial charge in [-0.25, -0.2) is 0 Å². The molecule has 0 aliphatic carbocycles. The normalized spacial score (nSPS) is 10.5. The van der Waals surface area contributed by atoms with Crippen LogP contribution >= 0.6 is 23.1 Å². The molecule has 1 aromatic heterocycles. The Kier molecular flexibility index (Phi) is 9.52. The van der Waals surface area contributed by atoms with Crippen LogP contribution in [0.3, 0.4) is 0 Å². The van der Waals surface area contributed by atoms with Gasteiger partial charge in [-0.1, -0.05) is 48.6 Å². The van der Waals surface area contributed by atoms with Crippen LogP contribution in [0.1, 0.15) is 37.0 Å². The van der Waals surface area contributed by atoms with Crippen molar-refractivity contribution in [3.63, 3.8) is 0 Å². The van der Waals surface area contributed by atoms with Crippen molar-refractivity contribution >= 4 is 45.7 Å². The first-order valence-electron chi connectivity index (χ1n) is 10.6. The van der Waals surface area contributed by atoms with E-state index in [1.54, 1.807) is 36.4 Å². The van der Waals surface area contributed by atoms with Crippen LogP contribution in [0.25, 0.3) is 0 Å². The van der Waals surface area contributed by atoms with Crippen molar-refractivity contribution in [2.24, 2.45) is 0 Å². The van der Waals surface area contributed by atoms with Crippen LogP contribution in [-0.4, -0.2) is 41.0 Å². The number of benzene rings is 2. The van der Waals surface area contributed by atoms with Gasteiger partial charge in [0.1, 0.15) is 11.5 Å². The monoisotopic (exact) mass is 486 g/mol. The number of aromatic nitrogens is 2. The summed E-state index contributed by atoms with van der Waals surface area (Å²) in [5.41, 5.74) is 1.12. The number of amides is 2. The molecule has 2 amide bonds. The number of ether oxygens (including phenoxy) is 2. The minimum absolute atomic E-state index is 0.155. The van der Waals surface area contributed by atoms with E-state index in [4.69, 9.17) is 9.47 Å². The fourth-order valence-electron chi connectivity index (χ4n) is 2.69. The quantitative estimate of drug-likeness (QED) is 0.209. The molecule has 2 aromatic carbocycles. The molecule has 10 heteroatoms. The van der Waals surface area contributed by atoms with Gasteiger partial charge in [0, 0.05) is 5.56 Å². The van der Waals surface area contributed by atoms with Gasteiger partial charge in [0.05, 0.1) is 24.7 Å². The first kappa shape index (κ1) is 24.5. The number of rotatable bonds is 12. The Morgan fingerprint density at radius 3 is 2.55 bits per heavy atom. The van der Waals surface area contributed by atoms with E-state index in [9.17, 15) is 9.59 Å². The predicted molar refractivity (Wildman–Crippen MR) is 132 cm³/mol. The van der Waals surface area contributed by atoms with Gasteiger partial charge >= 0.3 is 0 Å². The molecule has 0 bridgehead atoms. The van der Waals surface area contributed by atoms with Gasteiger partial charge in [-0.2, -0.15) is 0 Å². The van der Waals surface area contributed by atoms with Gasteiger partial charge < -0.3 is 14.8 Å². The molecule has 0 unspecified atom stereocenters. The average molecular weight is 487 g/mol. The third-order valence-corrected chi connectivity index (χ3v) is 6.27. The lowest BCUT2D eigenvalue weighted by atomic mass is 10.2. The maximum atomic E-state index is 12.5. The fraction of sp³-hybridized carbons (Fsp3) is 0.304. The van der Waals surface area contributed by atoms with Crippen molar-refractivity contribution in [2.45, 2.75) is 31.0 Å². The third kappa shape index (κ3) is 7.76. The van der Waals surface area contributed by atoms with Gasteiger partial charge in [-0.15, -0.1) is 10.2 Å². The Morgan fingerprint density at radius 2 is 1.79 bits per heavy atom. The van der Waals surface area contributed by atoms with Crippen molar-refractivity contribution < 1.29 is 19.1 Å². The number of carbonyl (C=O) groups is 2. The largest absolute Gasteiger partial charge is 0.494 e. The van der Waals surface area contributed by atoms with E-state index in [0.29, 0.717) is 39.7 Å². The molecule has 3 rings (SSSR count). The summed E-state index contributed by atoms with van der Waals surface area (Å²) in [6.45, 7) is 5.16. The van der Waals surface area contributed by atoms with Crippen LogP contribution in [0.5, 0.6) is 11.5 Å². The van der Waals surface area contributed by atoms with E-state index in [-0.39, 0.29) is 17.6 Å². The van der Waals surface area contributed by atoms with Crippen LogP contribution in [0.15, 0.2) is 52.9 Å². The highest BCUT2D eigenvalue weighted by Gasteiger charge is 2.13. The second-order valence-corrected chi connectivity index (χ2v) is 9.02. The molecule has 2 N–H and O–H groups in total. The Balaban J connectivity index is 1.48. The van der Waals surface area contributed by atoms with Crippen LogP contribution < -0.4 is 20.1 Å². The van der Waals surface area contributed by atoms with Crippen molar-refractivity contribution in [3.05, 3.63) is 54.1 Å². The van der Waals surface area contributed by atoms with Crippen molar-refractivity contribution in [1.82, 2.24) is 10.2 Å². The Morgan fingerprint density at radius 1 is 1.00 bits per heavy atom. The first-order valence-corrected chi connectivity index (χ1v) is 12.4. The summed E-state index contributed by atoms with van der Waals surface area (Å²) in [6, 6.07) is 14.2. The summed E-state index contributed by atoms with van der Waals surface area (Å²) in [6.07, 6.45) is 2.05. The van der Waals surface area contributed by atoms with Crippen molar-refractivity contribution in [2.75, 3.05) is 29.6 Å². The highest BCUT2D eigenvalue weighted by molar-refractivity contribution is 8.01.